The molecule has 29 heavy (non-hydrogen) atoms. The predicted molar refractivity (Wildman–Crippen MR) is 118 cm³/mol. The van der Waals surface area contributed by atoms with Crippen LogP contribution in [0.1, 0.15) is 77.4 Å². The molecule has 0 saturated heterocycles. The van der Waals surface area contributed by atoms with Crippen molar-refractivity contribution in [3.63, 3.8) is 0 Å². The van der Waals surface area contributed by atoms with Crippen molar-refractivity contribution >= 4 is 17.3 Å². The summed E-state index contributed by atoms with van der Waals surface area (Å²) in [7, 11) is 0. The summed E-state index contributed by atoms with van der Waals surface area (Å²) in [6, 6.07) is 12.5. The molecule has 1 N–H and O–H groups in total. The van der Waals surface area contributed by atoms with Gasteiger partial charge in [-0.25, -0.2) is 0 Å². The van der Waals surface area contributed by atoms with E-state index >= 15 is 0 Å². The number of nitrogens with one attached hydrogen (secondary N) is 1. The number of nitrogens with zero attached hydrogens (tertiary/aromatic N) is 1. The van der Waals surface area contributed by atoms with E-state index in [1.54, 1.807) is 5.69 Å². The Morgan fingerprint density at radius 2 is 1.59 bits per heavy atom. The number of anilines is 2. The highest BCUT2D eigenvalue weighted by Crippen LogP contribution is 2.56. The molecule has 0 spiro atoms. The fraction of sp³-hybridized carbons (Fsp3) is 0.500. The molecule has 4 atom stereocenters. The fourth-order valence-corrected chi connectivity index (χ4v) is 6.83. The lowest BCUT2D eigenvalue weighted by molar-refractivity contribution is 0.102. The van der Waals surface area contributed by atoms with Crippen LogP contribution < -0.4 is 10.2 Å². The summed E-state index contributed by atoms with van der Waals surface area (Å²) < 4.78 is 0. The Morgan fingerprint density at radius 3 is 2.21 bits per heavy atom. The molecule has 2 fully saturated rings. The summed E-state index contributed by atoms with van der Waals surface area (Å²) in [5.74, 6) is 2.99. The Hall–Kier alpha value is -2.29. The first kappa shape index (κ1) is 17.6. The zero-order valence-corrected chi connectivity index (χ0v) is 17.3. The maximum absolute atomic E-state index is 12.9. The first-order chi connectivity index (χ1) is 14.2. The Morgan fingerprint density at radius 1 is 0.931 bits per heavy atom. The van der Waals surface area contributed by atoms with Crippen LogP contribution in [0.2, 0.25) is 0 Å². The number of hydrogen-bond donors (Lipinski definition) is 1. The van der Waals surface area contributed by atoms with Gasteiger partial charge in [0.2, 0.25) is 0 Å². The highest BCUT2D eigenvalue weighted by Gasteiger charge is 2.44. The van der Waals surface area contributed by atoms with Gasteiger partial charge in [-0.3, -0.25) is 4.79 Å². The molecule has 2 saturated carbocycles. The topological polar surface area (TPSA) is 32.3 Å². The average Bonchev–Trinajstić information content (AvgIpc) is 3.37. The summed E-state index contributed by atoms with van der Waals surface area (Å²) >= 11 is 0. The Bertz CT molecular complexity index is 935. The predicted octanol–water partition coefficient (Wildman–Crippen LogP) is 5.85. The minimum absolute atomic E-state index is 0.00951. The Balaban J connectivity index is 1.42. The zero-order chi connectivity index (χ0) is 19.5. The van der Waals surface area contributed by atoms with E-state index < -0.39 is 0 Å². The van der Waals surface area contributed by atoms with Gasteiger partial charge in [0.25, 0.3) is 5.91 Å². The molecule has 0 unspecified atom stereocenters. The lowest BCUT2D eigenvalue weighted by atomic mass is 9.75. The van der Waals surface area contributed by atoms with Gasteiger partial charge >= 0.3 is 0 Å². The molecule has 4 aliphatic rings. The van der Waals surface area contributed by atoms with Crippen molar-refractivity contribution in [3.05, 3.63) is 58.7 Å². The fourth-order valence-electron chi connectivity index (χ4n) is 6.83. The van der Waals surface area contributed by atoms with E-state index in [2.05, 4.69) is 22.3 Å². The van der Waals surface area contributed by atoms with E-state index in [4.69, 9.17) is 0 Å². The first-order valence-electron chi connectivity index (χ1n) is 11.5. The summed E-state index contributed by atoms with van der Waals surface area (Å²) in [4.78, 5) is 15.7. The number of fused-ring (bicyclic) bond motifs is 4. The number of rotatable bonds is 2. The second kappa shape index (κ2) is 6.62. The monoisotopic (exact) mass is 386 g/mol. The van der Waals surface area contributed by atoms with E-state index in [0.29, 0.717) is 11.8 Å². The molecule has 1 amide bonds. The van der Waals surface area contributed by atoms with E-state index in [9.17, 15) is 4.79 Å². The van der Waals surface area contributed by atoms with Gasteiger partial charge in [0.05, 0.1) is 0 Å². The largest absolute Gasteiger partial charge is 0.370 e. The standard InChI is InChI=1S/C26H30N2O/c1-16-5-2-6-17(11-16)26(29)27-20-12-23-21-9-3-7-18(21)14-28-15-19-8-4-10-22(19)24(13-20)25(23)28/h2,5-6,11-13,18-19,21-22H,3-4,7-10,14-15H2,1H3,(H,27,29)/t18-,19-,21+,22+/m1/s1. The number of carbonyl (C=O) groups is 1. The lowest BCUT2D eigenvalue weighted by Gasteiger charge is -2.46. The van der Waals surface area contributed by atoms with Crippen LogP contribution in [0.3, 0.4) is 0 Å². The maximum atomic E-state index is 12.9. The van der Waals surface area contributed by atoms with Crippen LogP contribution in [0.4, 0.5) is 11.4 Å². The molecular weight excluding hydrogens is 356 g/mol. The average molecular weight is 387 g/mol. The van der Waals surface area contributed by atoms with Gasteiger partial charge in [0.1, 0.15) is 0 Å². The van der Waals surface area contributed by atoms with Crippen LogP contribution in [-0.2, 0) is 0 Å². The summed E-state index contributed by atoms with van der Waals surface area (Å²) in [6.45, 7) is 4.54. The minimum Gasteiger partial charge on any atom is -0.370 e. The third-order valence-electron chi connectivity index (χ3n) is 8.05. The highest BCUT2D eigenvalue weighted by molar-refractivity contribution is 6.04. The van der Waals surface area contributed by atoms with E-state index in [1.807, 2.05) is 31.2 Å². The smallest absolute Gasteiger partial charge is 0.255 e. The van der Waals surface area contributed by atoms with Crippen molar-refractivity contribution in [1.29, 1.82) is 0 Å². The maximum Gasteiger partial charge on any atom is 0.255 e. The van der Waals surface area contributed by atoms with Gasteiger partial charge in [-0.05, 0) is 91.7 Å². The van der Waals surface area contributed by atoms with Gasteiger partial charge < -0.3 is 10.2 Å². The second-order valence-corrected chi connectivity index (χ2v) is 9.83. The quantitative estimate of drug-likeness (QED) is 0.702. The molecule has 2 heterocycles. The van der Waals surface area contributed by atoms with Crippen LogP contribution in [0, 0.1) is 18.8 Å². The number of amides is 1. The third-order valence-corrected chi connectivity index (χ3v) is 8.05. The molecule has 2 aliphatic heterocycles. The molecule has 6 rings (SSSR count). The number of hydrogen-bond acceptors (Lipinski definition) is 2. The molecule has 150 valence electrons. The van der Waals surface area contributed by atoms with Gasteiger partial charge in [-0.15, -0.1) is 0 Å². The molecular formula is C26H30N2O. The second-order valence-electron chi connectivity index (χ2n) is 9.83. The van der Waals surface area contributed by atoms with E-state index in [-0.39, 0.29) is 5.91 Å². The molecule has 0 bridgehead atoms. The molecule has 2 aliphatic carbocycles. The van der Waals surface area contributed by atoms with Crippen LogP contribution in [0.25, 0.3) is 0 Å². The molecule has 3 heteroatoms. The van der Waals surface area contributed by atoms with Gasteiger partial charge in [-0.1, -0.05) is 30.5 Å². The van der Waals surface area contributed by atoms with Crippen molar-refractivity contribution in [2.45, 2.75) is 57.3 Å². The van der Waals surface area contributed by atoms with Gasteiger partial charge in [0.15, 0.2) is 0 Å². The normalized spacial score (nSPS) is 29.2. The van der Waals surface area contributed by atoms with Crippen LogP contribution >= 0.6 is 0 Å². The number of carbonyl (C=O) groups excluding carboxylic acids is 1. The highest BCUT2D eigenvalue weighted by atomic mass is 16.1. The molecule has 3 nitrogen and oxygen atoms in total. The van der Waals surface area contributed by atoms with Crippen LogP contribution in [0.5, 0.6) is 0 Å². The lowest BCUT2D eigenvalue weighted by Crippen LogP contribution is -2.43. The Labute approximate surface area is 173 Å². The summed E-state index contributed by atoms with van der Waals surface area (Å²) in [5.41, 5.74) is 7.48. The van der Waals surface area contributed by atoms with Crippen molar-refractivity contribution < 1.29 is 4.79 Å². The zero-order valence-electron chi connectivity index (χ0n) is 17.3. The van der Waals surface area contributed by atoms with Gasteiger partial charge in [0, 0.05) is 30.0 Å². The molecule has 0 aromatic heterocycles. The van der Waals surface area contributed by atoms with Gasteiger partial charge in [-0.2, -0.15) is 0 Å². The summed E-state index contributed by atoms with van der Waals surface area (Å²) in [5, 5.41) is 3.25. The molecule has 2 aromatic rings. The molecule has 0 radical (unpaired) electrons. The number of benzene rings is 2. The van der Waals surface area contributed by atoms with Crippen molar-refractivity contribution in [2.24, 2.45) is 11.8 Å². The number of aryl methyl sites for hydroxylation is 1. The van der Waals surface area contributed by atoms with Crippen molar-refractivity contribution in [1.82, 2.24) is 0 Å². The summed E-state index contributed by atoms with van der Waals surface area (Å²) in [6.07, 6.45) is 8.06. The molecule has 2 aromatic carbocycles. The third kappa shape index (κ3) is 2.81. The van der Waals surface area contributed by atoms with E-state index in [0.717, 1.165) is 28.7 Å². The van der Waals surface area contributed by atoms with Crippen LogP contribution in [-0.4, -0.2) is 19.0 Å². The SMILES string of the molecule is Cc1cccc(C(=O)Nc2cc3c4c(c2)[C@H]2CCC[C@@H]2CN4C[C@H]2CCC[C@H]32)c1. The Kier molecular flexibility index (Phi) is 4.01. The van der Waals surface area contributed by atoms with Crippen molar-refractivity contribution in [3.8, 4) is 0 Å². The minimum atomic E-state index is 0.00951. The first-order valence-corrected chi connectivity index (χ1v) is 11.5. The van der Waals surface area contributed by atoms with Crippen molar-refractivity contribution in [2.75, 3.05) is 23.3 Å². The van der Waals surface area contributed by atoms with E-state index in [1.165, 1.54) is 62.7 Å². The van der Waals surface area contributed by atoms with Crippen LogP contribution in [0.15, 0.2) is 36.4 Å².